The van der Waals surface area contributed by atoms with Gasteiger partial charge in [-0.15, -0.1) is 0 Å². The zero-order valence-corrected chi connectivity index (χ0v) is 15.1. The van der Waals surface area contributed by atoms with E-state index in [2.05, 4.69) is 41.2 Å². The van der Waals surface area contributed by atoms with Crippen LogP contribution in [-0.4, -0.2) is 47.9 Å². The van der Waals surface area contributed by atoms with Gasteiger partial charge in [-0.05, 0) is 26.2 Å². The fraction of sp³-hybridized carbons (Fsp3) is 0.632. The van der Waals surface area contributed by atoms with Gasteiger partial charge in [0.05, 0.1) is 12.6 Å². The summed E-state index contributed by atoms with van der Waals surface area (Å²) in [6, 6.07) is 10.7. The number of methoxy groups -OCH3 is 1. The lowest BCUT2D eigenvalue weighted by molar-refractivity contribution is -0.176. The van der Waals surface area contributed by atoms with Crippen LogP contribution in [0.2, 0.25) is 0 Å². The van der Waals surface area contributed by atoms with Crippen molar-refractivity contribution in [2.24, 2.45) is 5.16 Å². The van der Waals surface area contributed by atoms with Crippen molar-refractivity contribution in [1.29, 1.82) is 0 Å². The number of hydrogen-bond donors (Lipinski definition) is 0. The van der Waals surface area contributed by atoms with E-state index in [1.165, 1.54) is 6.42 Å². The molecule has 5 nitrogen and oxygen atoms in total. The number of hydrogen-bond acceptors (Lipinski definition) is 5. The Labute approximate surface area is 145 Å². The Balaban J connectivity index is 1.91. The summed E-state index contributed by atoms with van der Waals surface area (Å²) in [5.74, 6) is 0.914. The first-order valence-electron chi connectivity index (χ1n) is 9.07. The maximum absolute atomic E-state index is 5.99. The van der Waals surface area contributed by atoms with Gasteiger partial charge in [0.25, 0.3) is 0 Å². The Morgan fingerprint density at radius 3 is 2.83 bits per heavy atom. The minimum atomic E-state index is -0.419. The molecule has 0 spiro atoms. The number of nitrogens with zero attached hydrogens (tertiary/aromatic N) is 3. The second-order valence-electron chi connectivity index (χ2n) is 6.88. The van der Waals surface area contributed by atoms with Crippen molar-refractivity contribution in [3.8, 4) is 0 Å². The average Bonchev–Trinajstić information content (AvgIpc) is 3.18. The molecule has 0 aromatic heterocycles. The minimum Gasteiger partial charge on any atom is -0.383 e. The lowest BCUT2D eigenvalue weighted by atomic mass is 10.1. The fourth-order valence-electron chi connectivity index (χ4n) is 3.70. The van der Waals surface area contributed by atoms with Crippen LogP contribution in [0.4, 0.5) is 0 Å². The molecule has 1 aromatic rings. The lowest BCUT2D eigenvalue weighted by Crippen LogP contribution is -2.58. The first-order chi connectivity index (χ1) is 11.7. The normalized spacial score (nSPS) is 27.4. The predicted octanol–water partition coefficient (Wildman–Crippen LogP) is 3.61. The van der Waals surface area contributed by atoms with Gasteiger partial charge in [0.15, 0.2) is 5.84 Å². The molecule has 0 aliphatic carbocycles. The number of ether oxygens (including phenoxy) is 1. The smallest absolute Gasteiger partial charge is 0.222 e. The van der Waals surface area contributed by atoms with E-state index >= 15 is 0 Å². The summed E-state index contributed by atoms with van der Waals surface area (Å²) in [5.41, 5.74) is 0.679. The van der Waals surface area contributed by atoms with Gasteiger partial charge < -0.3 is 9.57 Å². The largest absolute Gasteiger partial charge is 0.383 e. The predicted molar refractivity (Wildman–Crippen MR) is 95.4 cm³/mol. The molecular formula is C19H29N3O2. The highest BCUT2D eigenvalue weighted by molar-refractivity contribution is 5.99. The Hall–Kier alpha value is -1.59. The van der Waals surface area contributed by atoms with Crippen LogP contribution in [0.15, 0.2) is 35.5 Å². The molecule has 1 saturated heterocycles. The zero-order chi connectivity index (χ0) is 17.0. The van der Waals surface area contributed by atoms with Gasteiger partial charge in [0.1, 0.15) is 0 Å². The summed E-state index contributed by atoms with van der Waals surface area (Å²) in [6.07, 6.45) is 5.55. The number of amidine groups is 1. The average molecular weight is 331 g/mol. The SMILES string of the molecule is CCCC[C@]1(C)ON=C(c2ccccc2)N1N1CCC[C@H]1COC. The molecule has 0 N–H and O–H groups in total. The van der Waals surface area contributed by atoms with Crippen LogP contribution in [0, 0.1) is 0 Å². The van der Waals surface area contributed by atoms with Gasteiger partial charge in [0.2, 0.25) is 5.72 Å². The highest BCUT2D eigenvalue weighted by Gasteiger charge is 2.48. The van der Waals surface area contributed by atoms with Gasteiger partial charge in [-0.1, -0.05) is 48.8 Å². The summed E-state index contributed by atoms with van der Waals surface area (Å²) in [7, 11) is 1.78. The second-order valence-corrected chi connectivity index (χ2v) is 6.88. The van der Waals surface area contributed by atoms with E-state index in [4.69, 9.17) is 9.57 Å². The molecule has 0 unspecified atom stereocenters. The first kappa shape index (κ1) is 17.2. The summed E-state index contributed by atoms with van der Waals surface area (Å²) >= 11 is 0. The number of rotatable bonds is 7. The van der Waals surface area contributed by atoms with E-state index in [9.17, 15) is 0 Å². The van der Waals surface area contributed by atoms with Gasteiger partial charge in [-0.2, -0.15) is 0 Å². The highest BCUT2D eigenvalue weighted by atomic mass is 16.7. The minimum absolute atomic E-state index is 0.381. The van der Waals surface area contributed by atoms with Crippen molar-refractivity contribution in [2.45, 2.75) is 57.7 Å². The van der Waals surface area contributed by atoms with Crippen LogP contribution >= 0.6 is 0 Å². The van der Waals surface area contributed by atoms with Gasteiger partial charge in [0, 0.05) is 25.6 Å². The van der Waals surface area contributed by atoms with E-state index in [1.807, 2.05) is 18.2 Å². The van der Waals surface area contributed by atoms with Crippen LogP contribution < -0.4 is 0 Å². The van der Waals surface area contributed by atoms with Crippen molar-refractivity contribution in [2.75, 3.05) is 20.3 Å². The highest BCUT2D eigenvalue weighted by Crippen LogP contribution is 2.36. The van der Waals surface area contributed by atoms with Crippen molar-refractivity contribution < 1.29 is 9.57 Å². The Kier molecular flexibility index (Phi) is 5.41. The molecule has 0 saturated carbocycles. The molecule has 2 heterocycles. The third-order valence-electron chi connectivity index (χ3n) is 4.97. The molecule has 24 heavy (non-hydrogen) atoms. The molecule has 0 amide bonds. The van der Waals surface area contributed by atoms with E-state index < -0.39 is 5.72 Å². The number of benzene rings is 1. The standard InChI is InChI=1S/C19H29N3O2/c1-4-5-13-19(2)22(21-14-9-12-17(21)15-23-3)18(20-24-19)16-10-7-6-8-11-16/h6-8,10-11,17H,4-5,9,12-15H2,1-3H3/t17-,19-/m0/s1. The Morgan fingerprint density at radius 1 is 1.33 bits per heavy atom. The number of hydrazine groups is 1. The maximum Gasteiger partial charge on any atom is 0.222 e. The molecule has 1 aromatic carbocycles. The topological polar surface area (TPSA) is 37.3 Å². The second kappa shape index (κ2) is 7.53. The summed E-state index contributed by atoms with van der Waals surface area (Å²) in [4.78, 5) is 5.99. The van der Waals surface area contributed by atoms with Crippen LogP contribution in [0.5, 0.6) is 0 Å². The molecule has 132 valence electrons. The van der Waals surface area contributed by atoms with Crippen LogP contribution in [0.1, 0.15) is 51.5 Å². The molecule has 0 radical (unpaired) electrons. The van der Waals surface area contributed by atoms with E-state index in [0.29, 0.717) is 6.04 Å². The van der Waals surface area contributed by atoms with Crippen LogP contribution in [0.25, 0.3) is 0 Å². The maximum atomic E-state index is 5.99. The molecule has 1 fully saturated rings. The van der Waals surface area contributed by atoms with Crippen LogP contribution in [-0.2, 0) is 9.57 Å². The van der Waals surface area contributed by atoms with Gasteiger partial charge in [-0.25, -0.2) is 10.0 Å². The lowest BCUT2D eigenvalue weighted by Gasteiger charge is -2.42. The summed E-state index contributed by atoms with van der Waals surface area (Å²) < 4.78 is 5.46. The van der Waals surface area contributed by atoms with Crippen molar-refractivity contribution in [3.05, 3.63) is 35.9 Å². The monoisotopic (exact) mass is 331 g/mol. The summed E-state index contributed by atoms with van der Waals surface area (Å²) in [5, 5.41) is 9.21. The van der Waals surface area contributed by atoms with E-state index in [-0.39, 0.29) is 0 Å². The molecule has 5 heteroatoms. The van der Waals surface area contributed by atoms with E-state index in [0.717, 1.165) is 50.2 Å². The molecule has 3 rings (SSSR count). The van der Waals surface area contributed by atoms with Gasteiger partial charge in [-0.3, -0.25) is 0 Å². The quantitative estimate of drug-likeness (QED) is 0.765. The van der Waals surface area contributed by atoms with Crippen molar-refractivity contribution in [1.82, 2.24) is 10.0 Å². The molecule has 0 bridgehead atoms. The Bertz CT molecular complexity index is 563. The first-order valence-corrected chi connectivity index (χ1v) is 9.07. The number of unbranched alkanes of at least 4 members (excludes halogenated alkanes) is 1. The summed E-state index contributed by atoms with van der Waals surface area (Å²) in [6.45, 7) is 6.13. The van der Waals surface area contributed by atoms with Crippen molar-refractivity contribution in [3.63, 3.8) is 0 Å². The van der Waals surface area contributed by atoms with Gasteiger partial charge >= 0.3 is 0 Å². The molecule has 2 aliphatic rings. The molecule has 2 aliphatic heterocycles. The fourth-order valence-corrected chi connectivity index (χ4v) is 3.70. The van der Waals surface area contributed by atoms with E-state index in [1.54, 1.807) is 7.11 Å². The third kappa shape index (κ3) is 3.28. The Morgan fingerprint density at radius 2 is 2.12 bits per heavy atom. The molecule has 2 atom stereocenters. The van der Waals surface area contributed by atoms with Crippen LogP contribution in [0.3, 0.4) is 0 Å². The van der Waals surface area contributed by atoms with Crippen molar-refractivity contribution >= 4 is 5.84 Å². The zero-order valence-electron chi connectivity index (χ0n) is 15.1. The molecular weight excluding hydrogens is 302 g/mol. The number of oxime groups is 1. The third-order valence-corrected chi connectivity index (χ3v) is 4.97.